The van der Waals surface area contributed by atoms with Crippen molar-refractivity contribution < 1.29 is 17.6 Å². The zero-order valence-corrected chi connectivity index (χ0v) is 15.3. The molecule has 1 amide bonds. The minimum absolute atomic E-state index is 0.0645. The topological polar surface area (TPSA) is 75.3 Å². The molecule has 2 aromatic rings. The van der Waals surface area contributed by atoms with Crippen molar-refractivity contribution in [3.8, 4) is 0 Å². The Morgan fingerprint density at radius 1 is 1.29 bits per heavy atom. The van der Waals surface area contributed by atoms with E-state index in [1.54, 1.807) is 25.3 Å². The fraction of sp³-hybridized carbons (Fsp3) is 0.267. The number of hydrogen-bond donors (Lipinski definition) is 2. The maximum absolute atomic E-state index is 13.8. The second kappa shape index (κ2) is 7.60. The molecule has 24 heavy (non-hydrogen) atoms. The lowest BCUT2D eigenvalue weighted by atomic mass is 10.0. The molecule has 0 aliphatic carbocycles. The summed E-state index contributed by atoms with van der Waals surface area (Å²) in [5.74, 6) is -1.68. The van der Waals surface area contributed by atoms with Gasteiger partial charge in [-0.1, -0.05) is 31.5 Å². The maximum atomic E-state index is 13.8. The summed E-state index contributed by atoms with van der Waals surface area (Å²) in [7, 11) is -3.82. The summed E-state index contributed by atoms with van der Waals surface area (Å²) in [5.41, 5.74) is -0.0645. The Labute approximate surface area is 148 Å². The first kappa shape index (κ1) is 18.9. The highest BCUT2D eigenvalue weighted by Gasteiger charge is 2.29. The van der Waals surface area contributed by atoms with Crippen LogP contribution in [0.15, 0.2) is 39.9 Å². The van der Waals surface area contributed by atoms with Gasteiger partial charge < -0.3 is 5.32 Å². The summed E-state index contributed by atoms with van der Waals surface area (Å²) in [6.45, 7) is 3.39. The van der Waals surface area contributed by atoms with E-state index in [0.29, 0.717) is 0 Å². The van der Waals surface area contributed by atoms with Gasteiger partial charge in [-0.15, -0.1) is 11.3 Å². The van der Waals surface area contributed by atoms with Crippen LogP contribution in [0.25, 0.3) is 0 Å². The molecule has 0 radical (unpaired) electrons. The smallest absolute Gasteiger partial charge is 0.250 e. The van der Waals surface area contributed by atoms with E-state index in [0.717, 1.165) is 17.4 Å². The summed E-state index contributed by atoms with van der Waals surface area (Å²) in [6.07, 6.45) is 0. The molecule has 0 bridgehead atoms. The van der Waals surface area contributed by atoms with Gasteiger partial charge in [0.2, 0.25) is 5.91 Å². The minimum Gasteiger partial charge on any atom is -0.322 e. The fourth-order valence-electron chi connectivity index (χ4n) is 1.94. The molecular formula is C15H16ClFN2O3S2. The summed E-state index contributed by atoms with van der Waals surface area (Å²) in [4.78, 5) is 12.4. The van der Waals surface area contributed by atoms with Gasteiger partial charge in [0.1, 0.15) is 16.1 Å². The summed E-state index contributed by atoms with van der Waals surface area (Å²) in [6, 6.07) is 5.82. The van der Waals surface area contributed by atoms with Crippen LogP contribution in [0, 0.1) is 11.7 Å². The first-order chi connectivity index (χ1) is 11.2. The molecule has 1 heterocycles. The van der Waals surface area contributed by atoms with E-state index in [4.69, 9.17) is 11.6 Å². The van der Waals surface area contributed by atoms with Gasteiger partial charge in [0.15, 0.2) is 0 Å². The average molecular weight is 391 g/mol. The Kier molecular flexibility index (Phi) is 5.97. The van der Waals surface area contributed by atoms with E-state index < -0.39 is 27.8 Å². The van der Waals surface area contributed by atoms with Crippen LogP contribution < -0.4 is 10.0 Å². The molecular weight excluding hydrogens is 375 g/mol. The first-order valence-electron chi connectivity index (χ1n) is 7.02. The average Bonchev–Trinajstić information content (AvgIpc) is 3.02. The summed E-state index contributed by atoms with van der Waals surface area (Å²) < 4.78 is 40.9. The lowest BCUT2D eigenvalue weighted by molar-refractivity contribution is -0.118. The van der Waals surface area contributed by atoms with E-state index in [9.17, 15) is 17.6 Å². The lowest BCUT2D eigenvalue weighted by Crippen LogP contribution is -2.46. The number of anilines is 1. The number of benzene rings is 1. The van der Waals surface area contributed by atoms with E-state index in [1.165, 1.54) is 18.2 Å². The summed E-state index contributed by atoms with van der Waals surface area (Å²) >= 11 is 6.71. The number of hydrogen-bond acceptors (Lipinski definition) is 4. The van der Waals surface area contributed by atoms with Crippen molar-refractivity contribution in [2.45, 2.75) is 24.1 Å². The van der Waals surface area contributed by atoms with Gasteiger partial charge in [-0.2, -0.15) is 4.72 Å². The largest absolute Gasteiger partial charge is 0.322 e. The van der Waals surface area contributed by atoms with Crippen molar-refractivity contribution in [2.24, 2.45) is 5.92 Å². The number of rotatable bonds is 6. The second-order valence-corrected chi connectivity index (χ2v) is 8.71. The standard InChI is InChI=1S/C15H16ClFN2O3S2/c1-9(2)14(19-24(21,22)13-4-3-7-23-13)15(20)18-12-6-5-10(16)8-11(12)17/h3-9,14,19H,1-2H3,(H,18,20)/t14-/m1/s1. The lowest BCUT2D eigenvalue weighted by Gasteiger charge is -2.21. The highest BCUT2D eigenvalue weighted by atomic mass is 35.5. The predicted molar refractivity (Wildman–Crippen MR) is 93.3 cm³/mol. The molecule has 0 unspecified atom stereocenters. The Balaban J connectivity index is 2.19. The number of thiophene rings is 1. The third kappa shape index (κ3) is 4.54. The van der Waals surface area contributed by atoms with Crippen LogP contribution in [0.4, 0.5) is 10.1 Å². The van der Waals surface area contributed by atoms with Crippen molar-refractivity contribution in [2.75, 3.05) is 5.32 Å². The molecule has 5 nitrogen and oxygen atoms in total. The number of carbonyl (C=O) groups excluding carboxylic acids is 1. The molecule has 2 rings (SSSR count). The van der Waals surface area contributed by atoms with Crippen LogP contribution in [0.1, 0.15) is 13.8 Å². The Morgan fingerprint density at radius 2 is 2.00 bits per heavy atom. The molecule has 0 aliphatic heterocycles. The van der Waals surface area contributed by atoms with Crippen molar-refractivity contribution in [3.05, 3.63) is 46.6 Å². The highest BCUT2D eigenvalue weighted by Crippen LogP contribution is 2.21. The quantitative estimate of drug-likeness (QED) is 0.792. The second-order valence-electron chi connectivity index (χ2n) is 5.39. The van der Waals surface area contributed by atoms with E-state index in [2.05, 4.69) is 10.0 Å². The molecule has 0 spiro atoms. The predicted octanol–water partition coefficient (Wildman–Crippen LogP) is 3.48. The number of amides is 1. The van der Waals surface area contributed by atoms with Crippen molar-refractivity contribution in [3.63, 3.8) is 0 Å². The molecule has 1 aromatic heterocycles. The normalized spacial score (nSPS) is 13.0. The third-order valence-corrected chi connectivity index (χ3v) is 6.25. The van der Waals surface area contributed by atoms with Crippen LogP contribution in [0.3, 0.4) is 0 Å². The molecule has 1 atom stereocenters. The highest BCUT2D eigenvalue weighted by molar-refractivity contribution is 7.91. The summed E-state index contributed by atoms with van der Waals surface area (Å²) in [5, 5.41) is 4.22. The SMILES string of the molecule is CC(C)[C@@H](NS(=O)(=O)c1cccs1)C(=O)Nc1ccc(Cl)cc1F. The van der Waals surface area contributed by atoms with Crippen molar-refractivity contribution in [1.29, 1.82) is 0 Å². The molecule has 9 heteroatoms. The number of carbonyl (C=O) groups is 1. The van der Waals surface area contributed by atoms with Gasteiger partial charge in [-0.05, 0) is 35.6 Å². The van der Waals surface area contributed by atoms with Crippen molar-refractivity contribution >= 4 is 44.6 Å². The van der Waals surface area contributed by atoms with E-state index >= 15 is 0 Å². The molecule has 0 fully saturated rings. The number of nitrogens with one attached hydrogen (secondary N) is 2. The molecule has 0 saturated carbocycles. The maximum Gasteiger partial charge on any atom is 0.250 e. The van der Waals surface area contributed by atoms with Crippen LogP contribution in [-0.2, 0) is 14.8 Å². The van der Waals surface area contributed by atoms with Crippen LogP contribution in [-0.4, -0.2) is 20.4 Å². The Bertz CT molecular complexity index is 823. The molecule has 2 N–H and O–H groups in total. The van der Waals surface area contributed by atoms with Crippen LogP contribution >= 0.6 is 22.9 Å². The van der Waals surface area contributed by atoms with Gasteiger partial charge in [-0.3, -0.25) is 4.79 Å². The zero-order chi connectivity index (χ0) is 17.9. The molecule has 130 valence electrons. The van der Waals surface area contributed by atoms with Gasteiger partial charge in [0, 0.05) is 5.02 Å². The van der Waals surface area contributed by atoms with Gasteiger partial charge in [-0.25, -0.2) is 12.8 Å². The number of halogens is 2. The van der Waals surface area contributed by atoms with Crippen molar-refractivity contribution in [1.82, 2.24) is 4.72 Å². The van der Waals surface area contributed by atoms with E-state index in [-0.39, 0.29) is 20.8 Å². The van der Waals surface area contributed by atoms with Gasteiger partial charge in [0.25, 0.3) is 10.0 Å². The minimum atomic E-state index is -3.82. The zero-order valence-electron chi connectivity index (χ0n) is 12.9. The first-order valence-corrected chi connectivity index (χ1v) is 9.76. The monoisotopic (exact) mass is 390 g/mol. The van der Waals surface area contributed by atoms with Gasteiger partial charge >= 0.3 is 0 Å². The third-order valence-electron chi connectivity index (χ3n) is 3.18. The van der Waals surface area contributed by atoms with Crippen LogP contribution in [0.5, 0.6) is 0 Å². The van der Waals surface area contributed by atoms with Crippen LogP contribution in [0.2, 0.25) is 5.02 Å². The molecule has 0 saturated heterocycles. The fourth-order valence-corrected chi connectivity index (χ4v) is 4.45. The number of sulfonamides is 1. The Morgan fingerprint density at radius 3 is 2.54 bits per heavy atom. The molecule has 0 aliphatic rings. The molecule has 1 aromatic carbocycles. The van der Waals surface area contributed by atoms with E-state index in [1.807, 2.05) is 0 Å². The van der Waals surface area contributed by atoms with Gasteiger partial charge in [0.05, 0.1) is 5.69 Å². The Hall–Kier alpha value is -1.48.